The van der Waals surface area contributed by atoms with Crippen LogP contribution in [0.2, 0.25) is 0 Å². The van der Waals surface area contributed by atoms with Crippen LogP contribution in [0.4, 0.5) is 0 Å². The summed E-state index contributed by atoms with van der Waals surface area (Å²) < 4.78 is 28.1. The Kier molecular flexibility index (Phi) is 5.65. The van der Waals surface area contributed by atoms with E-state index in [0.29, 0.717) is 30.5 Å². The number of benzene rings is 1. The Morgan fingerprint density at radius 1 is 1.19 bits per heavy atom. The fraction of sp³-hybridized carbons (Fsp3) is 0.440. The molecule has 4 rings (SSSR count). The molecule has 170 valence electrons. The number of carbonyl (C=O) groups excluding carboxylic acids is 2. The van der Waals surface area contributed by atoms with Gasteiger partial charge in [-0.1, -0.05) is 11.6 Å². The molecule has 6 nitrogen and oxygen atoms in total. The van der Waals surface area contributed by atoms with Crippen LogP contribution in [-0.2, 0) is 14.6 Å². The van der Waals surface area contributed by atoms with Gasteiger partial charge in [-0.15, -0.1) is 0 Å². The monoisotopic (exact) mass is 454 g/mol. The first kappa shape index (κ1) is 22.5. The van der Waals surface area contributed by atoms with Crippen LogP contribution in [0.15, 0.2) is 46.1 Å². The molecule has 2 aliphatic rings. The van der Waals surface area contributed by atoms with Gasteiger partial charge in [0.1, 0.15) is 0 Å². The Labute approximate surface area is 189 Å². The molecule has 0 amide bonds. The third kappa shape index (κ3) is 3.94. The first-order chi connectivity index (χ1) is 15.0. The van der Waals surface area contributed by atoms with Crippen molar-refractivity contribution in [2.45, 2.75) is 70.1 Å². The highest BCUT2D eigenvalue weighted by molar-refractivity contribution is 7.92. The maximum atomic E-state index is 13.4. The Morgan fingerprint density at radius 3 is 2.47 bits per heavy atom. The van der Waals surface area contributed by atoms with Crippen molar-refractivity contribution in [3.05, 3.63) is 52.4 Å². The molecule has 1 aromatic heterocycles. The second-order valence-electron chi connectivity index (χ2n) is 9.35. The van der Waals surface area contributed by atoms with E-state index in [1.807, 2.05) is 51.5 Å². The quantitative estimate of drug-likeness (QED) is 0.626. The van der Waals surface area contributed by atoms with Crippen LogP contribution in [-0.4, -0.2) is 36.3 Å². The number of sulfone groups is 1. The molecule has 0 radical (unpaired) electrons. The molecule has 1 saturated carbocycles. The average molecular weight is 455 g/mol. The molecule has 2 aliphatic carbocycles. The largest absolute Gasteiger partial charge is 0.374 e. The van der Waals surface area contributed by atoms with Crippen molar-refractivity contribution < 1.29 is 18.0 Å². The predicted molar refractivity (Wildman–Crippen MR) is 126 cm³/mol. The summed E-state index contributed by atoms with van der Waals surface area (Å²) in [5.41, 5.74) is 4.33. The summed E-state index contributed by atoms with van der Waals surface area (Å²) in [7, 11) is -3.46. The minimum Gasteiger partial charge on any atom is -0.374 e. The van der Waals surface area contributed by atoms with Crippen molar-refractivity contribution in [3.63, 3.8) is 0 Å². The van der Waals surface area contributed by atoms with Gasteiger partial charge in [-0.2, -0.15) is 0 Å². The Bertz CT molecular complexity index is 1310. The molecular weight excluding hydrogens is 424 g/mol. The number of hydrogen-bond acceptors (Lipinski definition) is 5. The van der Waals surface area contributed by atoms with Gasteiger partial charge in [0.2, 0.25) is 0 Å². The van der Waals surface area contributed by atoms with E-state index < -0.39 is 9.84 Å². The lowest BCUT2D eigenvalue weighted by Gasteiger charge is -2.17. The number of aromatic nitrogens is 1. The molecule has 1 heterocycles. The van der Waals surface area contributed by atoms with Crippen LogP contribution in [0.1, 0.15) is 68.9 Å². The maximum Gasteiger partial charge on any atom is 0.182 e. The van der Waals surface area contributed by atoms with E-state index >= 15 is 0 Å². The molecule has 0 saturated heterocycles. The third-order valence-electron chi connectivity index (χ3n) is 6.25. The van der Waals surface area contributed by atoms with E-state index in [1.165, 1.54) is 6.07 Å². The van der Waals surface area contributed by atoms with E-state index in [1.54, 1.807) is 6.07 Å². The number of nitrogens with one attached hydrogen (secondary N) is 1. The average Bonchev–Trinajstić information content (AvgIpc) is 3.51. The van der Waals surface area contributed by atoms with E-state index in [4.69, 9.17) is 0 Å². The fourth-order valence-electron chi connectivity index (χ4n) is 4.50. The van der Waals surface area contributed by atoms with Crippen molar-refractivity contribution >= 4 is 32.3 Å². The van der Waals surface area contributed by atoms with Crippen LogP contribution in [0, 0.1) is 6.92 Å². The number of carbonyl (C=O) groups is 2. The molecule has 0 atom stereocenters. The predicted octanol–water partition coefficient (Wildman–Crippen LogP) is 4.43. The smallest absolute Gasteiger partial charge is 0.182 e. The lowest BCUT2D eigenvalue weighted by atomic mass is 9.97. The van der Waals surface area contributed by atoms with Crippen LogP contribution in [0.3, 0.4) is 0 Å². The lowest BCUT2D eigenvalue weighted by Crippen LogP contribution is -2.29. The van der Waals surface area contributed by atoms with Crippen LogP contribution in [0.25, 0.3) is 10.9 Å². The number of nitrogens with zero attached hydrogens (tertiary/aromatic N) is 1. The van der Waals surface area contributed by atoms with Crippen molar-refractivity contribution in [3.8, 4) is 0 Å². The summed E-state index contributed by atoms with van der Waals surface area (Å²) in [6.45, 7) is 9.69. The highest BCUT2D eigenvalue weighted by atomic mass is 32.2. The second-order valence-corrected chi connectivity index (χ2v) is 11.6. The van der Waals surface area contributed by atoms with E-state index in [-0.39, 0.29) is 34.3 Å². The summed E-state index contributed by atoms with van der Waals surface area (Å²) in [6, 6.07) is 3.37. The van der Waals surface area contributed by atoms with Gasteiger partial charge >= 0.3 is 0 Å². The van der Waals surface area contributed by atoms with Gasteiger partial charge in [0.25, 0.3) is 0 Å². The van der Waals surface area contributed by atoms with Gasteiger partial charge in [-0.25, -0.2) is 8.42 Å². The standard InChI is InChI=1S/C25H30N2O4S/c1-14(2)27-13-17(5)24-20(10-19(11-21(24)27)32(30,31)18-6-7-18)23(29)12-26-25-16(4)8-15(3)9-22(25)28/h8,10-11,13-14,18,26H,6-7,9,12H2,1-5H3. The zero-order valence-electron chi connectivity index (χ0n) is 19.3. The molecule has 32 heavy (non-hydrogen) atoms. The summed E-state index contributed by atoms with van der Waals surface area (Å²) in [6.07, 6.45) is 5.58. The molecule has 1 N–H and O–H groups in total. The normalized spacial score (nSPS) is 17.3. The number of fused-ring (bicyclic) bond motifs is 1. The molecule has 0 bridgehead atoms. The van der Waals surface area contributed by atoms with E-state index in [2.05, 4.69) is 5.32 Å². The molecule has 0 aliphatic heterocycles. The minimum atomic E-state index is -3.46. The van der Waals surface area contributed by atoms with Gasteiger partial charge in [-0.3, -0.25) is 9.59 Å². The van der Waals surface area contributed by atoms with Crippen molar-refractivity contribution in [1.29, 1.82) is 0 Å². The van der Waals surface area contributed by atoms with Crippen LogP contribution in [0.5, 0.6) is 0 Å². The molecule has 2 aromatic rings. The number of Topliss-reactive ketones (excluding diaryl/α,β-unsaturated/α-hetero) is 2. The van der Waals surface area contributed by atoms with Crippen LogP contribution < -0.4 is 5.32 Å². The van der Waals surface area contributed by atoms with Gasteiger partial charge < -0.3 is 9.88 Å². The highest BCUT2D eigenvalue weighted by Crippen LogP contribution is 2.37. The van der Waals surface area contributed by atoms with Crippen molar-refractivity contribution in [1.82, 2.24) is 9.88 Å². The highest BCUT2D eigenvalue weighted by Gasteiger charge is 2.38. The molecular formula is C25H30N2O4S. The third-order valence-corrected chi connectivity index (χ3v) is 8.49. The molecule has 0 unspecified atom stereocenters. The lowest BCUT2D eigenvalue weighted by molar-refractivity contribution is -0.115. The summed E-state index contributed by atoms with van der Waals surface area (Å²) in [4.78, 5) is 26.0. The van der Waals surface area contributed by atoms with E-state index in [0.717, 1.165) is 27.6 Å². The van der Waals surface area contributed by atoms with Crippen molar-refractivity contribution in [2.75, 3.05) is 6.54 Å². The molecule has 7 heteroatoms. The van der Waals surface area contributed by atoms with Gasteiger partial charge in [0.05, 0.1) is 27.9 Å². The zero-order valence-corrected chi connectivity index (χ0v) is 20.1. The first-order valence-electron chi connectivity index (χ1n) is 11.1. The number of allylic oxidation sites excluding steroid dienone is 4. The summed E-state index contributed by atoms with van der Waals surface area (Å²) >= 11 is 0. The zero-order chi connectivity index (χ0) is 23.4. The Balaban J connectivity index is 1.78. The van der Waals surface area contributed by atoms with Gasteiger partial charge in [0.15, 0.2) is 21.4 Å². The number of hydrogen-bond donors (Lipinski definition) is 1. The summed E-state index contributed by atoms with van der Waals surface area (Å²) in [5, 5.41) is 3.45. The molecule has 0 spiro atoms. The number of rotatable bonds is 7. The Hall–Kier alpha value is -2.67. The van der Waals surface area contributed by atoms with Gasteiger partial charge in [0, 0.05) is 29.6 Å². The van der Waals surface area contributed by atoms with E-state index in [9.17, 15) is 18.0 Å². The maximum absolute atomic E-state index is 13.4. The number of ketones is 2. The molecule has 1 fully saturated rings. The van der Waals surface area contributed by atoms with Gasteiger partial charge in [-0.05, 0) is 70.7 Å². The minimum absolute atomic E-state index is 0.0346. The number of aryl methyl sites for hydroxylation is 1. The molecule has 1 aromatic carbocycles. The van der Waals surface area contributed by atoms with Crippen molar-refractivity contribution in [2.24, 2.45) is 0 Å². The summed E-state index contributed by atoms with van der Waals surface area (Å²) in [5.74, 6) is -0.264. The fourth-order valence-corrected chi connectivity index (χ4v) is 6.20. The second kappa shape index (κ2) is 8.03. The SMILES string of the molecule is CC1=CC(C)=C(NCC(=O)c2cc(S(=O)(=O)C3CC3)cc3c2c(C)cn3C(C)C)C(=O)C1. The topological polar surface area (TPSA) is 85.2 Å². The van der Waals surface area contributed by atoms with Crippen LogP contribution >= 0.6 is 0 Å². The Morgan fingerprint density at radius 2 is 1.88 bits per heavy atom. The first-order valence-corrected chi connectivity index (χ1v) is 12.6.